The van der Waals surface area contributed by atoms with E-state index in [1.807, 2.05) is 32.7 Å². The molecule has 1 amide bonds. The Morgan fingerprint density at radius 1 is 1.45 bits per heavy atom. The van der Waals surface area contributed by atoms with Crippen LogP contribution in [0.2, 0.25) is 0 Å². The highest BCUT2D eigenvalue weighted by atomic mass is 32.2. The standard InChI is InChI=1S/C15H25N3OS/c1-5-20-13-8-6-7-12(9-13)16-15(19)14-10(2)17-18(4)11(14)3/h12-13H,5-9H2,1-4H3,(H,16,19)/t12-,13+/m0/s1. The zero-order chi connectivity index (χ0) is 14.7. The van der Waals surface area contributed by atoms with Gasteiger partial charge in [-0.3, -0.25) is 9.48 Å². The van der Waals surface area contributed by atoms with Gasteiger partial charge in [0.1, 0.15) is 0 Å². The van der Waals surface area contributed by atoms with Gasteiger partial charge in [0.15, 0.2) is 0 Å². The third kappa shape index (κ3) is 3.37. The summed E-state index contributed by atoms with van der Waals surface area (Å²) in [5.41, 5.74) is 2.51. The molecule has 0 radical (unpaired) electrons. The molecule has 0 unspecified atom stereocenters. The van der Waals surface area contributed by atoms with Crippen LogP contribution < -0.4 is 5.32 Å². The van der Waals surface area contributed by atoms with Crippen LogP contribution in [0.4, 0.5) is 0 Å². The number of carbonyl (C=O) groups excluding carboxylic acids is 1. The van der Waals surface area contributed by atoms with Crippen molar-refractivity contribution >= 4 is 17.7 Å². The highest BCUT2D eigenvalue weighted by molar-refractivity contribution is 7.99. The smallest absolute Gasteiger partial charge is 0.255 e. The van der Waals surface area contributed by atoms with Crippen LogP contribution in [0.1, 0.15) is 54.4 Å². The summed E-state index contributed by atoms with van der Waals surface area (Å²) < 4.78 is 1.78. The van der Waals surface area contributed by atoms with Crippen molar-refractivity contribution in [3.8, 4) is 0 Å². The van der Waals surface area contributed by atoms with Gasteiger partial charge in [-0.05, 0) is 38.9 Å². The SMILES string of the molecule is CCS[C@@H]1CCC[C@H](NC(=O)c2c(C)nn(C)c2C)C1. The quantitative estimate of drug-likeness (QED) is 0.929. The van der Waals surface area contributed by atoms with Gasteiger partial charge >= 0.3 is 0 Å². The third-order valence-corrected chi connectivity index (χ3v) is 5.33. The van der Waals surface area contributed by atoms with Crippen molar-refractivity contribution in [1.82, 2.24) is 15.1 Å². The van der Waals surface area contributed by atoms with E-state index in [2.05, 4.69) is 17.3 Å². The van der Waals surface area contributed by atoms with E-state index >= 15 is 0 Å². The molecule has 1 aromatic heterocycles. The average Bonchev–Trinajstić information content (AvgIpc) is 2.64. The molecular formula is C15H25N3OS. The molecule has 1 aliphatic rings. The zero-order valence-electron chi connectivity index (χ0n) is 12.9. The predicted molar refractivity (Wildman–Crippen MR) is 84.3 cm³/mol. The fourth-order valence-corrected chi connectivity index (χ4v) is 4.20. The van der Waals surface area contributed by atoms with Gasteiger partial charge in [0, 0.05) is 24.0 Å². The fourth-order valence-electron chi connectivity index (χ4n) is 3.02. The van der Waals surface area contributed by atoms with E-state index in [9.17, 15) is 4.79 Å². The van der Waals surface area contributed by atoms with Crippen LogP contribution in [0, 0.1) is 13.8 Å². The first-order valence-electron chi connectivity index (χ1n) is 7.45. The van der Waals surface area contributed by atoms with Gasteiger partial charge in [0.05, 0.1) is 11.3 Å². The maximum absolute atomic E-state index is 12.5. The Morgan fingerprint density at radius 3 is 2.80 bits per heavy atom. The molecule has 1 saturated carbocycles. The summed E-state index contributed by atoms with van der Waals surface area (Å²) in [5.74, 6) is 1.20. The minimum Gasteiger partial charge on any atom is -0.349 e. The number of rotatable bonds is 4. The number of nitrogens with one attached hydrogen (secondary N) is 1. The molecule has 0 aliphatic heterocycles. The number of carbonyl (C=O) groups is 1. The average molecular weight is 295 g/mol. The molecule has 1 heterocycles. The fraction of sp³-hybridized carbons (Fsp3) is 0.733. The molecule has 0 aromatic carbocycles. The molecule has 4 nitrogen and oxygen atoms in total. The summed E-state index contributed by atoms with van der Waals surface area (Å²) in [6.45, 7) is 6.05. The molecule has 0 bridgehead atoms. The Bertz CT molecular complexity index is 482. The molecule has 1 aliphatic carbocycles. The maximum atomic E-state index is 12.5. The van der Waals surface area contributed by atoms with E-state index in [0.29, 0.717) is 11.3 Å². The lowest BCUT2D eigenvalue weighted by Crippen LogP contribution is -2.39. The second-order valence-electron chi connectivity index (χ2n) is 5.58. The normalized spacial score (nSPS) is 22.8. The number of nitrogens with zero attached hydrogens (tertiary/aromatic N) is 2. The Balaban J connectivity index is 2.00. The third-order valence-electron chi connectivity index (χ3n) is 4.10. The molecule has 112 valence electrons. The lowest BCUT2D eigenvalue weighted by Gasteiger charge is -2.29. The second kappa shape index (κ2) is 6.66. The first-order chi connectivity index (χ1) is 9.52. The highest BCUT2D eigenvalue weighted by Crippen LogP contribution is 2.28. The Kier molecular flexibility index (Phi) is 5.13. The van der Waals surface area contributed by atoms with Crippen molar-refractivity contribution in [3.63, 3.8) is 0 Å². The molecule has 20 heavy (non-hydrogen) atoms. The van der Waals surface area contributed by atoms with E-state index in [-0.39, 0.29) is 5.91 Å². The first kappa shape index (κ1) is 15.4. The number of aromatic nitrogens is 2. The molecular weight excluding hydrogens is 270 g/mol. The molecule has 1 N–H and O–H groups in total. The summed E-state index contributed by atoms with van der Waals surface area (Å²) in [7, 11) is 1.88. The van der Waals surface area contributed by atoms with Gasteiger partial charge in [-0.25, -0.2) is 0 Å². The van der Waals surface area contributed by atoms with Gasteiger partial charge in [-0.15, -0.1) is 0 Å². The van der Waals surface area contributed by atoms with Crippen molar-refractivity contribution in [2.75, 3.05) is 5.75 Å². The van der Waals surface area contributed by atoms with Crippen molar-refractivity contribution in [1.29, 1.82) is 0 Å². The van der Waals surface area contributed by atoms with Crippen LogP contribution in [0.15, 0.2) is 0 Å². The van der Waals surface area contributed by atoms with Gasteiger partial charge in [-0.2, -0.15) is 16.9 Å². The van der Waals surface area contributed by atoms with Crippen molar-refractivity contribution < 1.29 is 4.79 Å². The van der Waals surface area contributed by atoms with Gasteiger partial charge < -0.3 is 5.32 Å². The number of amides is 1. The summed E-state index contributed by atoms with van der Waals surface area (Å²) in [6, 6.07) is 0.319. The van der Waals surface area contributed by atoms with Gasteiger partial charge in [-0.1, -0.05) is 13.3 Å². The topological polar surface area (TPSA) is 46.9 Å². The van der Waals surface area contributed by atoms with E-state index in [1.165, 1.54) is 12.8 Å². The van der Waals surface area contributed by atoms with Crippen LogP contribution in [0.3, 0.4) is 0 Å². The first-order valence-corrected chi connectivity index (χ1v) is 8.50. The van der Waals surface area contributed by atoms with Gasteiger partial charge in [0.2, 0.25) is 0 Å². The van der Waals surface area contributed by atoms with Crippen LogP contribution >= 0.6 is 11.8 Å². The minimum absolute atomic E-state index is 0.0419. The lowest BCUT2D eigenvalue weighted by molar-refractivity contribution is 0.0927. The summed E-state index contributed by atoms with van der Waals surface area (Å²) >= 11 is 2.02. The van der Waals surface area contributed by atoms with Crippen LogP contribution in [-0.2, 0) is 7.05 Å². The predicted octanol–water partition coefficient (Wildman–Crippen LogP) is 2.83. The van der Waals surface area contributed by atoms with Crippen LogP contribution in [-0.4, -0.2) is 32.7 Å². The largest absolute Gasteiger partial charge is 0.349 e. The zero-order valence-corrected chi connectivity index (χ0v) is 13.7. The van der Waals surface area contributed by atoms with E-state index in [0.717, 1.165) is 35.5 Å². The summed E-state index contributed by atoms with van der Waals surface area (Å²) in [5, 5.41) is 8.24. The van der Waals surface area contributed by atoms with Crippen LogP contribution in [0.5, 0.6) is 0 Å². The highest BCUT2D eigenvalue weighted by Gasteiger charge is 2.25. The molecule has 0 saturated heterocycles. The van der Waals surface area contributed by atoms with E-state index in [4.69, 9.17) is 0 Å². The maximum Gasteiger partial charge on any atom is 0.255 e. The number of hydrogen-bond acceptors (Lipinski definition) is 3. The van der Waals surface area contributed by atoms with E-state index in [1.54, 1.807) is 4.68 Å². The summed E-state index contributed by atoms with van der Waals surface area (Å²) in [6.07, 6.45) is 4.71. The molecule has 5 heteroatoms. The molecule has 2 rings (SSSR count). The Hall–Kier alpha value is -0.970. The number of aryl methyl sites for hydroxylation is 2. The molecule has 2 atom stereocenters. The van der Waals surface area contributed by atoms with E-state index < -0.39 is 0 Å². The second-order valence-corrected chi connectivity index (χ2v) is 7.16. The van der Waals surface area contributed by atoms with Gasteiger partial charge in [0.25, 0.3) is 5.91 Å². The van der Waals surface area contributed by atoms with Crippen molar-refractivity contribution in [2.24, 2.45) is 7.05 Å². The molecule has 1 aromatic rings. The monoisotopic (exact) mass is 295 g/mol. The number of thioether (sulfide) groups is 1. The minimum atomic E-state index is 0.0419. The Morgan fingerprint density at radius 2 is 2.20 bits per heavy atom. The lowest BCUT2D eigenvalue weighted by atomic mass is 9.94. The molecule has 0 spiro atoms. The summed E-state index contributed by atoms with van der Waals surface area (Å²) in [4.78, 5) is 12.5. The van der Waals surface area contributed by atoms with Crippen molar-refractivity contribution in [2.45, 2.75) is 57.7 Å². The van der Waals surface area contributed by atoms with Crippen LogP contribution in [0.25, 0.3) is 0 Å². The molecule has 1 fully saturated rings. The Labute approximate surface area is 125 Å². The van der Waals surface area contributed by atoms with Crippen molar-refractivity contribution in [3.05, 3.63) is 17.0 Å². The number of hydrogen-bond donors (Lipinski definition) is 1.